The van der Waals surface area contributed by atoms with E-state index in [1.54, 1.807) is 13.2 Å². The number of hydrogen-bond acceptors (Lipinski definition) is 2. The number of guanidine groups is 1. The van der Waals surface area contributed by atoms with E-state index in [0.717, 1.165) is 36.1 Å². The lowest BCUT2D eigenvalue weighted by Gasteiger charge is -2.19. The number of rotatable bonds is 6. The predicted molar refractivity (Wildman–Crippen MR) is 120 cm³/mol. The molecule has 0 amide bonds. The van der Waals surface area contributed by atoms with Crippen LogP contribution in [0.15, 0.2) is 47.6 Å². The molecule has 1 aromatic carbocycles. The highest BCUT2D eigenvalue weighted by Crippen LogP contribution is 2.47. The summed E-state index contributed by atoms with van der Waals surface area (Å²) in [4.78, 5) is 8.40. The molecule has 2 N–H and O–H groups in total. The molecule has 2 aromatic rings. The molecule has 0 saturated heterocycles. The molecule has 0 unspecified atom stereocenters. The zero-order chi connectivity index (χ0) is 17.7. The van der Waals surface area contributed by atoms with Crippen LogP contribution in [0.4, 0.5) is 0 Å². The lowest BCUT2D eigenvalue weighted by atomic mass is 9.96. The Balaban J connectivity index is 0.00000243. The summed E-state index contributed by atoms with van der Waals surface area (Å²) in [6.07, 6.45) is 5.05. The van der Waals surface area contributed by atoms with Crippen LogP contribution in [0.5, 0.6) is 0 Å². The number of aliphatic imine (C=N–C) groups is 1. The van der Waals surface area contributed by atoms with Crippen molar-refractivity contribution in [3.05, 3.63) is 63.9 Å². The van der Waals surface area contributed by atoms with Crippen LogP contribution in [0.1, 0.15) is 24.0 Å². The predicted octanol–water partition coefficient (Wildman–Crippen LogP) is 4.45. The third kappa shape index (κ3) is 5.72. The maximum atomic E-state index is 5.99. The molecule has 1 aliphatic rings. The monoisotopic (exact) mass is 504 g/mol. The summed E-state index contributed by atoms with van der Waals surface area (Å²) in [7, 11) is 1.79. The molecular weight excluding hydrogens is 482 g/mol. The molecule has 7 heteroatoms. The van der Waals surface area contributed by atoms with E-state index in [0.29, 0.717) is 5.15 Å². The topological polar surface area (TPSA) is 49.3 Å². The average Bonchev–Trinajstić information content (AvgIpc) is 3.41. The van der Waals surface area contributed by atoms with Gasteiger partial charge in [0, 0.05) is 36.8 Å². The normalized spacial score (nSPS) is 15.1. The first-order chi connectivity index (χ1) is 12.1. The van der Waals surface area contributed by atoms with Crippen LogP contribution in [0.2, 0.25) is 10.2 Å². The lowest BCUT2D eigenvalue weighted by molar-refractivity contribution is 0.645. The van der Waals surface area contributed by atoms with Gasteiger partial charge in [-0.15, -0.1) is 24.0 Å². The fourth-order valence-corrected chi connectivity index (χ4v) is 3.11. The summed E-state index contributed by atoms with van der Waals surface area (Å²) in [5.74, 6) is 0.821. The summed E-state index contributed by atoms with van der Waals surface area (Å²) in [5.41, 5.74) is 2.70. The Morgan fingerprint density at radius 3 is 2.42 bits per heavy atom. The first-order valence-electron chi connectivity index (χ1n) is 8.42. The van der Waals surface area contributed by atoms with Gasteiger partial charge in [0.1, 0.15) is 5.15 Å². The molecule has 1 aromatic heterocycles. The Morgan fingerprint density at radius 1 is 1.12 bits per heavy atom. The van der Waals surface area contributed by atoms with E-state index in [4.69, 9.17) is 23.2 Å². The molecule has 4 nitrogen and oxygen atoms in total. The standard InChI is InChI=1S/C19H22Cl2N4.HI/c1-22-18(23-11-8-14-2-7-17(21)24-12-14)25-13-19(9-10-19)15-3-5-16(20)6-4-15;/h2-7,12H,8-11,13H2,1H3,(H2,22,23,25);1H. The van der Waals surface area contributed by atoms with Crippen LogP contribution in [0.3, 0.4) is 0 Å². The molecule has 1 fully saturated rings. The fourth-order valence-electron chi connectivity index (χ4n) is 2.87. The van der Waals surface area contributed by atoms with E-state index >= 15 is 0 Å². The van der Waals surface area contributed by atoms with Gasteiger partial charge >= 0.3 is 0 Å². The minimum Gasteiger partial charge on any atom is -0.356 e. The van der Waals surface area contributed by atoms with Crippen LogP contribution in [-0.4, -0.2) is 31.1 Å². The van der Waals surface area contributed by atoms with Crippen molar-refractivity contribution in [3.8, 4) is 0 Å². The Bertz CT molecular complexity index is 728. The number of hydrogen-bond donors (Lipinski definition) is 2. The number of aromatic nitrogens is 1. The molecule has 3 rings (SSSR count). The molecule has 1 aliphatic carbocycles. The van der Waals surface area contributed by atoms with E-state index < -0.39 is 0 Å². The second-order valence-electron chi connectivity index (χ2n) is 6.38. The largest absolute Gasteiger partial charge is 0.356 e. The molecule has 26 heavy (non-hydrogen) atoms. The smallest absolute Gasteiger partial charge is 0.191 e. The van der Waals surface area contributed by atoms with Gasteiger partial charge in [0.2, 0.25) is 0 Å². The lowest BCUT2D eigenvalue weighted by Crippen LogP contribution is -2.41. The summed E-state index contributed by atoms with van der Waals surface area (Å²) in [6, 6.07) is 12.0. The number of pyridine rings is 1. The van der Waals surface area contributed by atoms with E-state index in [1.807, 2.05) is 24.3 Å². The molecular formula is C19H23Cl2IN4. The maximum Gasteiger partial charge on any atom is 0.191 e. The van der Waals surface area contributed by atoms with Crippen LogP contribution in [0, 0.1) is 0 Å². The van der Waals surface area contributed by atoms with Gasteiger partial charge < -0.3 is 10.6 Å². The molecule has 0 bridgehead atoms. The first kappa shape index (κ1) is 21.3. The van der Waals surface area contributed by atoms with Crippen molar-refractivity contribution < 1.29 is 0 Å². The average molecular weight is 505 g/mol. The van der Waals surface area contributed by atoms with Gasteiger partial charge in [0.25, 0.3) is 0 Å². The van der Waals surface area contributed by atoms with Crippen molar-refractivity contribution in [1.82, 2.24) is 15.6 Å². The minimum atomic E-state index is 0. The molecule has 0 radical (unpaired) electrons. The van der Waals surface area contributed by atoms with Crippen molar-refractivity contribution in [2.45, 2.75) is 24.7 Å². The van der Waals surface area contributed by atoms with E-state index in [2.05, 4.69) is 32.7 Å². The summed E-state index contributed by atoms with van der Waals surface area (Å²) < 4.78 is 0. The van der Waals surface area contributed by atoms with Gasteiger partial charge in [0.05, 0.1) is 0 Å². The highest BCUT2D eigenvalue weighted by Gasteiger charge is 2.44. The number of halogens is 3. The third-order valence-electron chi connectivity index (χ3n) is 4.62. The maximum absolute atomic E-state index is 5.99. The molecule has 1 heterocycles. The highest BCUT2D eigenvalue weighted by molar-refractivity contribution is 14.0. The third-order valence-corrected chi connectivity index (χ3v) is 5.10. The Labute approximate surface area is 181 Å². The number of nitrogens with one attached hydrogen (secondary N) is 2. The van der Waals surface area contributed by atoms with Crippen molar-refractivity contribution in [2.75, 3.05) is 20.1 Å². The molecule has 0 aliphatic heterocycles. The van der Waals surface area contributed by atoms with Gasteiger partial charge in [-0.2, -0.15) is 0 Å². The van der Waals surface area contributed by atoms with Crippen LogP contribution >= 0.6 is 47.2 Å². The van der Waals surface area contributed by atoms with E-state index in [1.165, 1.54) is 18.4 Å². The van der Waals surface area contributed by atoms with Crippen LogP contribution in [0.25, 0.3) is 0 Å². The summed E-state index contributed by atoms with van der Waals surface area (Å²) in [6.45, 7) is 1.66. The minimum absolute atomic E-state index is 0. The second kappa shape index (κ2) is 9.76. The Kier molecular flexibility index (Phi) is 7.98. The van der Waals surface area contributed by atoms with Crippen molar-refractivity contribution >= 4 is 53.1 Å². The van der Waals surface area contributed by atoms with E-state index in [-0.39, 0.29) is 29.4 Å². The molecule has 0 spiro atoms. The molecule has 140 valence electrons. The second-order valence-corrected chi connectivity index (χ2v) is 7.20. The van der Waals surface area contributed by atoms with Crippen LogP contribution in [-0.2, 0) is 11.8 Å². The number of benzene rings is 1. The van der Waals surface area contributed by atoms with Gasteiger partial charge in [-0.05, 0) is 48.6 Å². The molecule has 1 saturated carbocycles. The summed E-state index contributed by atoms with van der Waals surface area (Å²) in [5, 5.41) is 8.10. The van der Waals surface area contributed by atoms with Gasteiger partial charge in [0.15, 0.2) is 5.96 Å². The summed E-state index contributed by atoms with van der Waals surface area (Å²) >= 11 is 11.8. The van der Waals surface area contributed by atoms with E-state index in [9.17, 15) is 0 Å². The fraction of sp³-hybridized carbons (Fsp3) is 0.368. The zero-order valence-corrected chi connectivity index (χ0v) is 18.5. The van der Waals surface area contributed by atoms with Gasteiger partial charge in [-0.3, -0.25) is 4.99 Å². The molecule has 0 atom stereocenters. The van der Waals surface area contributed by atoms with Gasteiger partial charge in [-0.1, -0.05) is 41.4 Å². The quantitative estimate of drug-likeness (QED) is 0.264. The first-order valence-corrected chi connectivity index (χ1v) is 9.18. The van der Waals surface area contributed by atoms with Gasteiger partial charge in [-0.25, -0.2) is 4.98 Å². The SMILES string of the molecule is CN=C(NCCc1ccc(Cl)nc1)NCC1(c2ccc(Cl)cc2)CC1.I. The van der Waals surface area contributed by atoms with Crippen LogP contribution < -0.4 is 10.6 Å². The number of nitrogens with zero attached hydrogens (tertiary/aromatic N) is 2. The van der Waals surface area contributed by atoms with Crippen molar-refractivity contribution in [2.24, 2.45) is 4.99 Å². The zero-order valence-electron chi connectivity index (χ0n) is 14.6. The Hall–Kier alpha value is -1.05. The van der Waals surface area contributed by atoms with Crippen molar-refractivity contribution in [3.63, 3.8) is 0 Å². The Morgan fingerprint density at radius 2 is 1.85 bits per heavy atom. The highest BCUT2D eigenvalue weighted by atomic mass is 127. The van der Waals surface area contributed by atoms with Crippen molar-refractivity contribution in [1.29, 1.82) is 0 Å².